The number of amides is 1. The SMILES string of the molecule is CC(C)c1ccc(N(CC(=O)Nc2ccc3c4c(cccc24)CC3)S(=O)(=O)c2ccccc2)cc1. The van der Waals surface area contributed by atoms with E-state index in [-0.39, 0.29) is 11.4 Å². The predicted molar refractivity (Wildman–Crippen MR) is 141 cm³/mol. The highest BCUT2D eigenvalue weighted by atomic mass is 32.2. The van der Waals surface area contributed by atoms with Gasteiger partial charge in [0.05, 0.1) is 10.6 Å². The lowest BCUT2D eigenvalue weighted by Gasteiger charge is -2.25. The summed E-state index contributed by atoms with van der Waals surface area (Å²) in [6, 6.07) is 25.7. The molecule has 1 amide bonds. The molecule has 6 heteroatoms. The summed E-state index contributed by atoms with van der Waals surface area (Å²) in [6.07, 6.45) is 2.00. The molecule has 0 bridgehead atoms. The van der Waals surface area contributed by atoms with Crippen molar-refractivity contribution >= 4 is 38.1 Å². The van der Waals surface area contributed by atoms with Crippen molar-refractivity contribution in [2.75, 3.05) is 16.2 Å². The topological polar surface area (TPSA) is 66.5 Å². The summed E-state index contributed by atoms with van der Waals surface area (Å²) >= 11 is 0. The van der Waals surface area contributed by atoms with Gasteiger partial charge < -0.3 is 5.32 Å². The van der Waals surface area contributed by atoms with Crippen LogP contribution in [0.4, 0.5) is 11.4 Å². The van der Waals surface area contributed by atoms with Crippen LogP contribution in [-0.2, 0) is 27.7 Å². The molecule has 0 atom stereocenters. The van der Waals surface area contributed by atoms with E-state index in [4.69, 9.17) is 0 Å². The summed E-state index contributed by atoms with van der Waals surface area (Å²) in [5.41, 5.74) is 4.82. The summed E-state index contributed by atoms with van der Waals surface area (Å²) in [6.45, 7) is 3.83. The van der Waals surface area contributed by atoms with E-state index in [9.17, 15) is 13.2 Å². The minimum atomic E-state index is -3.95. The van der Waals surface area contributed by atoms with Crippen molar-refractivity contribution in [1.29, 1.82) is 0 Å². The van der Waals surface area contributed by atoms with Crippen LogP contribution in [0.15, 0.2) is 89.8 Å². The van der Waals surface area contributed by atoms with Crippen molar-refractivity contribution in [3.63, 3.8) is 0 Å². The summed E-state index contributed by atoms with van der Waals surface area (Å²) < 4.78 is 28.4. The first-order valence-corrected chi connectivity index (χ1v) is 13.3. The fourth-order valence-corrected chi connectivity index (χ4v) is 6.18. The Hall–Kier alpha value is -3.64. The van der Waals surface area contributed by atoms with Gasteiger partial charge in [-0.25, -0.2) is 8.42 Å². The Morgan fingerprint density at radius 3 is 2.23 bits per heavy atom. The second kappa shape index (κ2) is 9.19. The van der Waals surface area contributed by atoms with Crippen LogP contribution < -0.4 is 9.62 Å². The van der Waals surface area contributed by atoms with Gasteiger partial charge in [0.1, 0.15) is 6.54 Å². The van der Waals surface area contributed by atoms with Gasteiger partial charge in [-0.15, -0.1) is 0 Å². The number of hydrogen-bond donors (Lipinski definition) is 1. The average Bonchev–Trinajstić information content (AvgIpc) is 3.29. The van der Waals surface area contributed by atoms with Gasteiger partial charge >= 0.3 is 0 Å². The number of nitrogens with zero attached hydrogens (tertiary/aromatic N) is 1. The van der Waals surface area contributed by atoms with E-state index in [2.05, 4.69) is 31.3 Å². The van der Waals surface area contributed by atoms with Crippen molar-refractivity contribution in [3.05, 3.63) is 102 Å². The molecule has 35 heavy (non-hydrogen) atoms. The summed E-state index contributed by atoms with van der Waals surface area (Å²) in [5, 5.41) is 5.16. The Morgan fingerprint density at radius 2 is 1.54 bits per heavy atom. The molecule has 0 spiro atoms. The van der Waals surface area contributed by atoms with E-state index < -0.39 is 15.9 Å². The minimum absolute atomic E-state index is 0.145. The molecule has 5 nitrogen and oxygen atoms in total. The van der Waals surface area contributed by atoms with Crippen LogP contribution in [0, 0.1) is 0 Å². The second-order valence-electron chi connectivity index (χ2n) is 9.23. The Kier molecular flexibility index (Phi) is 6.07. The Bertz CT molecular complexity index is 1480. The fraction of sp³-hybridized carbons (Fsp3) is 0.207. The molecule has 1 N–H and O–H groups in total. The van der Waals surface area contributed by atoms with Crippen molar-refractivity contribution in [3.8, 4) is 0 Å². The zero-order valence-corrected chi connectivity index (χ0v) is 20.7. The van der Waals surface area contributed by atoms with Crippen LogP contribution in [0.5, 0.6) is 0 Å². The Morgan fingerprint density at radius 1 is 0.857 bits per heavy atom. The van der Waals surface area contributed by atoms with Crippen molar-refractivity contribution in [2.24, 2.45) is 0 Å². The number of aryl methyl sites for hydroxylation is 2. The maximum absolute atomic E-state index is 13.6. The van der Waals surface area contributed by atoms with Gasteiger partial charge in [-0.3, -0.25) is 9.10 Å². The van der Waals surface area contributed by atoms with Crippen molar-refractivity contribution in [2.45, 2.75) is 37.5 Å². The van der Waals surface area contributed by atoms with Crippen LogP contribution in [0.2, 0.25) is 0 Å². The predicted octanol–water partition coefficient (Wildman–Crippen LogP) is 5.90. The molecule has 5 rings (SSSR count). The van der Waals surface area contributed by atoms with E-state index in [0.717, 1.165) is 23.8 Å². The van der Waals surface area contributed by atoms with E-state index in [1.165, 1.54) is 20.8 Å². The first-order chi connectivity index (χ1) is 16.8. The molecular formula is C29H28N2O3S. The first kappa shape index (κ1) is 23.1. The molecule has 0 unspecified atom stereocenters. The first-order valence-electron chi connectivity index (χ1n) is 11.9. The normalized spacial score (nSPS) is 12.8. The van der Waals surface area contributed by atoms with Crippen LogP contribution in [0.1, 0.15) is 36.5 Å². The van der Waals surface area contributed by atoms with Gasteiger partial charge in [0.2, 0.25) is 5.91 Å². The molecule has 1 aliphatic rings. The van der Waals surface area contributed by atoms with Gasteiger partial charge in [-0.1, -0.05) is 68.4 Å². The molecule has 0 aromatic heterocycles. The van der Waals surface area contributed by atoms with E-state index >= 15 is 0 Å². The maximum atomic E-state index is 13.6. The number of hydrogen-bond acceptors (Lipinski definition) is 3. The monoisotopic (exact) mass is 484 g/mol. The number of nitrogens with one attached hydrogen (secondary N) is 1. The van der Waals surface area contributed by atoms with Gasteiger partial charge in [0.25, 0.3) is 10.0 Å². The van der Waals surface area contributed by atoms with Crippen molar-refractivity contribution < 1.29 is 13.2 Å². The van der Waals surface area contributed by atoms with Crippen LogP contribution in [0.3, 0.4) is 0 Å². The minimum Gasteiger partial charge on any atom is -0.324 e. The third kappa shape index (κ3) is 4.42. The smallest absolute Gasteiger partial charge is 0.264 e. The van der Waals surface area contributed by atoms with E-state index in [0.29, 0.717) is 17.3 Å². The lowest BCUT2D eigenvalue weighted by Crippen LogP contribution is -2.38. The highest BCUT2D eigenvalue weighted by molar-refractivity contribution is 7.92. The lowest BCUT2D eigenvalue weighted by atomic mass is 10.0. The van der Waals surface area contributed by atoms with Gasteiger partial charge in [-0.05, 0) is 71.2 Å². The third-order valence-corrected chi connectivity index (χ3v) is 8.41. The summed E-state index contributed by atoms with van der Waals surface area (Å²) in [7, 11) is -3.95. The molecule has 0 aliphatic heterocycles. The molecule has 0 saturated heterocycles. The highest BCUT2D eigenvalue weighted by Gasteiger charge is 2.27. The number of anilines is 2. The quantitative estimate of drug-likeness (QED) is 0.355. The van der Waals surface area contributed by atoms with Crippen LogP contribution in [0.25, 0.3) is 10.8 Å². The molecule has 178 valence electrons. The lowest BCUT2D eigenvalue weighted by molar-refractivity contribution is -0.114. The van der Waals surface area contributed by atoms with E-state index in [1.54, 1.807) is 42.5 Å². The third-order valence-electron chi connectivity index (χ3n) is 6.62. The standard InChI is InChI=1S/C29H28N2O3S/c1-20(2)21-13-16-24(17-14-21)31(35(33,34)25-8-4-3-5-9-25)19-28(32)30-27-18-15-23-12-11-22-7-6-10-26(27)29(22)23/h3-10,13-18,20H,11-12,19H2,1-2H3,(H,30,32). The number of rotatable bonds is 7. The number of carbonyl (C=O) groups excluding carboxylic acids is 1. The molecular weight excluding hydrogens is 456 g/mol. The molecule has 0 radical (unpaired) electrons. The molecule has 0 heterocycles. The second-order valence-corrected chi connectivity index (χ2v) is 11.1. The van der Waals surface area contributed by atoms with Gasteiger partial charge in [0.15, 0.2) is 0 Å². The van der Waals surface area contributed by atoms with E-state index in [1.807, 2.05) is 30.3 Å². The number of carbonyl (C=O) groups is 1. The number of sulfonamides is 1. The largest absolute Gasteiger partial charge is 0.324 e. The van der Waals surface area contributed by atoms with Crippen LogP contribution >= 0.6 is 0 Å². The Labute approximate surface area is 206 Å². The molecule has 1 aliphatic carbocycles. The Balaban J connectivity index is 1.48. The zero-order valence-electron chi connectivity index (χ0n) is 19.9. The number of benzene rings is 4. The van der Waals surface area contributed by atoms with Gasteiger partial charge in [0, 0.05) is 11.1 Å². The zero-order chi connectivity index (χ0) is 24.6. The molecule has 4 aromatic rings. The van der Waals surface area contributed by atoms with Crippen molar-refractivity contribution in [1.82, 2.24) is 0 Å². The van der Waals surface area contributed by atoms with Gasteiger partial charge in [-0.2, -0.15) is 0 Å². The highest BCUT2D eigenvalue weighted by Crippen LogP contribution is 2.35. The van der Waals surface area contributed by atoms with Crippen LogP contribution in [-0.4, -0.2) is 20.9 Å². The molecule has 0 fully saturated rings. The maximum Gasteiger partial charge on any atom is 0.264 e. The molecule has 0 saturated carbocycles. The molecule has 4 aromatic carbocycles. The average molecular weight is 485 g/mol. The fourth-order valence-electron chi connectivity index (χ4n) is 4.74. The summed E-state index contributed by atoms with van der Waals surface area (Å²) in [4.78, 5) is 13.4. The summed E-state index contributed by atoms with van der Waals surface area (Å²) in [5.74, 6) is -0.0774.